The fourth-order valence-corrected chi connectivity index (χ4v) is 6.34. The van der Waals surface area contributed by atoms with E-state index in [4.69, 9.17) is 23.2 Å². The first-order valence-electron chi connectivity index (χ1n) is 9.42. The molecule has 2 heterocycles. The molecule has 0 aliphatic carbocycles. The van der Waals surface area contributed by atoms with Crippen LogP contribution in [0.25, 0.3) is 10.2 Å². The zero-order valence-electron chi connectivity index (χ0n) is 16.1. The molecule has 1 N–H and O–H groups in total. The van der Waals surface area contributed by atoms with E-state index in [9.17, 15) is 13.2 Å². The van der Waals surface area contributed by atoms with Gasteiger partial charge >= 0.3 is 0 Å². The van der Waals surface area contributed by atoms with Crippen LogP contribution in [0.15, 0.2) is 41.3 Å². The summed E-state index contributed by atoms with van der Waals surface area (Å²) in [7, 11) is -3.56. The summed E-state index contributed by atoms with van der Waals surface area (Å²) < 4.78 is 28.0. The number of amides is 1. The monoisotopic (exact) mass is 483 g/mol. The Morgan fingerprint density at radius 1 is 1.20 bits per heavy atom. The Kier molecular flexibility index (Phi) is 6.05. The van der Waals surface area contributed by atoms with Gasteiger partial charge in [0.25, 0.3) is 5.91 Å². The number of carbonyl (C=O) groups excluding carboxylic acids is 1. The standard InChI is InChI=1S/C20H19Cl2N3O3S2/c1-12-3-2-10-25(11-12)30(27,28)14-6-4-13(5-7-14)19(26)24-20-23-18-16(29-20)9-8-15(21)17(18)22/h4-9,12H,2-3,10-11H2,1H3,(H,23,24,26). The van der Waals surface area contributed by atoms with E-state index in [2.05, 4.69) is 17.2 Å². The number of benzene rings is 2. The Balaban J connectivity index is 1.51. The Labute approximate surface area is 188 Å². The lowest BCUT2D eigenvalue weighted by Gasteiger charge is -2.30. The number of rotatable bonds is 4. The summed E-state index contributed by atoms with van der Waals surface area (Å²) in [5, 5.41) is 3.85. The zero-order chi connectivity index (χ0) is 21.5. The average Bonchev–Trinajstić information content (AvgIpc) is 3.14. The molecule has 1 aromatic heterocycles. The van der Waals surface area contributed by atoms with E-state index < -0.39 is 10.0 Å². The van der Waals surface area contributed by atoms with Crippen molar-refractivity contribution in [3.05, 3.63) is 52.0 Å². The van der Waals surface area contributed by atoms with E-state index in [0.717, 1.165) is 17.5 Å². The summed E-state index contributed by atoms with van der Waals surface area (Å²) >= 11 is 13.5. The molecule has 0 bridgehead atoms. The van der Waals surface area contributed by atoms with Crippen LogP contribution in [0.3, 0.4) is 0 Å². The molecule has 1 aliphatic rings. The molecule has 0 saturated carbocycles. The topological polar surface area (TPSA) is 79.4 Å². The lowest BCUT2D eigenvalue weighted by molar-refractivity contribution is 0.102. The fourth-order valence-electron chi connectivity index (χ4n) is 3.45. The maximum atomic E-state index is 12.9. The number of aromatic nitrogens is 1. The number of halogens is 2. The summed E-state index contributed by atoms with van der Waals surface area (Å²) in [6.45, 7) is 3.10. The predicted octanol–water partition coefficient (Wildman–Crippen LogP) is 5.28. The summed E-state index contributed by atoms with van der Waals surface area (Å²) in [5.74, 6) is -0.0393. The van der Waals surface area contributed by atoms with Gasteiger partial charge in [-0.2, -0.15) is 4.31 Å². The molecule has 1 saturated heterocycles. The fraction of sp³-hybridized carbons (Fsp3) is 0.300. The molecule has 30 heavy (non-hydrogen) atoms. The quantitative estimate of drug-likeness (QED) is 0.547. The number of nitrogens with zero attached hydrogens (tertiary/aromatic N) is 2. The third kappa shape index (κ3) is 4.20. The van der Waals surface area contributed by atoms with Crippen LogP contribution in [0.2, 0.25) is 10.0 Å². The number of anilines is 1. The third-order valence-electron chi connectivity index (χ3n) is 5.05. The van der Waals surface area contributed by atoms with Crippen molar-refractivity contribution in [1.82, 2.24) is 9.29 Å². The Hall–Kier alpha value is -1.71. The highest BCUT2D eigenvalue weighted by atomic mass is 35.5. The highest BCUT2D eigenvalue weighted by molar-refractivity contribution is 7.89. The lowest BCUT2D eigenvalue weighted by Crippen LogP contribution is -2.39. The number of piperidine rings is 1. The van der Waals surface area contributed by atoms with Crippen LogP contribution in [0.5, 0.6) is 0 Å². The molecule has 10 heteroatoms. The van der Waals surface area contributed by atoms with Crippen molar-refractivity contribution in [2.45, 2.75) is 24.7 Å². The first-order valence-corrected chi connectivity index (χ1v) is 12.4. The Morgan fingerprint density at radius 3 is 2.63 bits per heavy atom. The van der Waals surface area contributed by atoms with Gasteiger partial charge in [-0.15, -0.1) is 0 Å². The molecular formula is C20H19Cl2N3O3S2. The molecule has 1 atom stereocenters. The van der Waals surface area contributed by atoms with Gasteiger partial charge in [0.2, 0.25) is 10.0 Å². The number of hydrogen-bond acceptors (Lipinski definition) is 5. The second-order valence-electron chi connectivity index (χ2n) is 7.32. The van der Waals surface area contributed by atoms with Crippen LogP contribution in [-0.4, -0.2) is 36.7 Å². The van der Waals surface area contributed by atoms with Crippen LogP contribution < -0.4 is 5.32 Å². The largest absolute Gasteiger partial charge is 0.298 e. The molecule has 158 valence electrons. The van der Waals surface area contributed by atoms with E-state index in [1.165, 1.54) is 39.9 Å². The van der Waals surface area contributed by atoms with Gasteiger partial charge in [0.1, 0.15) is 5.52 Å². The summed E-state index contributed by atoms with van der Waals surface area (Å²) in [5.41, 5.74) is 0.867. The number of hydrogen-bond donors (Lipinski definition) is 1. The molecule has 3 aromatic rings. The van der Waals surface area contributed by atoms with Crippen LogP contribution >= 0.6 is 34.5 Å². The van der Waals surface area contributed by atoms with E-state index >= 15 is 0 Å². The minimum Gasteiger partial charge on any atom is -0.298 e. The Morgan fingerprint density at radius 2 is 1.93 bits per heavy atom. The number of nitrogens with one attached hydrogen (secondary N) is 1. The predicted molar refractivity (Wildman–Crippen MR) is 121 cm³/mol. The molecule has 0 radical (unpaired) electrons. The van der Waals surface area contributed by atoms with Crippen LogP contribution in [0, 0.1) is 5.92 Å². The molecule has 0 spiro atoms. The maximum Gasteiger partial charge on any atom is 0.257 e. The van der Waals surface area contributed by atoms with Gasteiger partial charge in [-0.3, -0.25) is 10.1 Å². The van der Waals surface area contributed by atoms with Crippen molar-refractivity contribution in [3.63, 3.8) is 0 Å². The highest BCUT2D eigenvalue weighted by Crippen LogP contribution is 2.35. The maximum absolute atomic E-state index is 12.9. The molecular weight excluding hydrogens is 465 g/mol. The van der Waals surface area contributed by atoms with Crippen molar-refractivity contribution in [1.29, 1.82) is 0 Å². The van der Waals surface area contributed by atoms with Gasteiger partial charge in [-0.1, -0.05) is 41.5 Å². The van der Waals surface area contributed by atoms with Crippen molar-refractivity contribution in [2.75, 3.05) is 18.4 Å². The number of carbonyl (C=O) groups is 1. The van der Waals surface area contributed by atoms with Gasteiger partial charge in [0.05, 0.1) is 19.6 Å². The SMILES string of the molecule is CC1CCCN(S(=O)(=O)c2ccc(C(=O)Nc3nc4c(Cl)c(Cl)ccc4s3)cc2)C1. The summed E-state index contributed by atoms with van der Waals surface area (Å²) in [4.78, 5) is 17.1. The zero-order valence-corrected chi connectivity index (χ0v) is 19.2. The molecule has 4 rings (SSSR count). The van der Waals surface area contributed by atoms with Crippen LogP contribution in [0.1, 0.15) is 30.1 Å². The molecule has 1 aliphatic heterocycles. The van der Waals surface area contributed by atoms with Gasteiger partial charge in [0.15, 0.2) is 5.13 Å². The average molecular weight is 484 g/mol. The second kappa shape index (κ2) is 8.43. The number of thiazole rings is 1. The normalized spacial score (nSPS) is 17.9. The van der Waals surface area contributed by atoms with Gasteiger partial charge < -0.3 is 0 Å². The van der Waals surface area contributed by atoms with E-state index in [1.54, 1.807) is 12.1 Å². The smallest absolute Gasteiger partial charge is 0.257 e. The van der Waals surface area contributed by atoms with Crippen molar-refractivity contribution >= 4 is 65.8 Å². The molecule has 1 unspecified atom stereocenters. The summed E-state index contributed by atoms with van der Waals surface area (Å²) in [6, 6.07) is 9.42. The number of fused-ring (bicyclic) bond motifs is 1. The minimum atomic E-state index is -3.56. The first-order chi connectivity index (χ1) is 14.3. The lowest BCUT2D eigenvalue weighted by atomic mass is 10.0. The molecule has 1 amide bonds. The van der Waals surface area contributed by atoms with Crippen molar-refractivity contribution < 1.29 is 13.2 Å². The molecule has 6 nitrogen and oxygen atoms in total. The van der Waals surface area contributed by atoms with E-state index in [-0.39, 0.29) is 10.8 Å². The van der Waals surface area contributed by atoms with Gasteiger partial charge in [0, 0.05) is 18.7 Å². The van der Waals surface area contributed by atoms with Gasteiger partial charge in [-0.25, -0.2) is 13.4 Å². The molecule has 2 aromatic carbocycles. The van der Waals surface area contributed by atoms with E-state index in [0.29, 0.717) is 45.3 Å². The third-order valence-corrected chi connectivity index (χ3v) is 8.66. The van der Waals surface area contributed by atoms with E-state index in [1.807, 2.05) is 0 Å². The minimum absolute atomic E-state index is 0.189. The van der Waals surface area contributed by atoms with Crippen LogP contribution in [0.4, 0.5) is 5.13 Å². The van der Waals surface area contributed by atoms with Crippen LogP contribution in [-0.2, 0) is 10.0 Å². The molecule has 1 fully saturated rings. The first kappa shape index (κ1) is 21.5. The second-order valence-corrected chi connectivity index (χ2v) is 11.1. The van der Waals surface area contributed by atoms with Crippen molar-refractivity contribution in [3.8, 4) is 0 Å². The Bertz CT molecular complexity index is 1210. The highest BCUT2D eigenvalue weighted by Gasteiger charge is 2.28. The van der Waals surface area contributed by atoms with Crippen molar-refractivity contribution in [2.24, 2.45) is 5.92 Å². The number of sulfonamides is 1. The van der Waals surface area contributed by atoms with Gasteiger partial charge in [-0.05, 0) is 55.2 Å². The summed E-state index contributed by atoms with van der Waals surface area (Å²) in [6.07, 6.45) is 1.90.